The van der Waals surface area contributed by atoms with Crippen molar-refractivity contribution in [1.29, 1.82) is 0 Å². The molecule has 2 N–H and O–H groups in total. The first-order valence-corrected chi connectivity index (χ1v) is 9.06. The van der Waals surface area contributed by atoms with Gasteiger partial charge in [0.2, 0.25) is 0 Å². The lowest BCUT2D eigenvalue weighted by molar-refractivity contribution is 0.135. The molecule has 2 rings (SSSR count). The largest absolute Gasteiger partial charge is 0.312 e. The molecule has 0 aliphatic carbocycles. The van der Waals surface area contributed by atoms with E-state index in [-0.39, 0.29) is 0 Å². The fourth-order valence-electron chi connectivity index (χ4n) is 1.96. The Hall–Kier alpha value is -0.510. The molecule has 114 valence electrons. The summed E-state index contributed by atoms with van der Waals surface area (Å²) >= 11 is 1.32. The maximum Gasteiger partial charge on any atom is 0.262 e. The van der Waals surface area contributed by atoms with Crippen molar-refractivity contribution < 1.29 is 8.42 Å². The van der Waals surface area contributed by atoms with E-state index in [0.717, 1.165) is 24.5 Å². The van der Waals surface area contributed by atoms with Gasteiger partial charge in [-0.2, -0.15) is 0 Å². The smallest absolute Gasteiger partial charge is 0.262 e. The van der Waals surface area contributed by atoms with Gasteiger partial charge in [-0.05, 0) is 25.7 Å². The van der Waals surface area contributed by atoms with Crippen LogP contribution in [0.1, 0.15) is 11.8 Å². The van der Waals surface area contributed by atoms with E-state index in [1.165, 1.54) is 11.3 Å². The molecule has 1 aliphatic rings. The van der Waals surface area contributed by atoms with Gasteiger partial charge in [-0.25, -0.2) is 13.4 Å². The Labute approximate surface area is 124 Å². The van der Waals surface area contributed by atoms with Crippen LogP contribution in [0.4, 0.5) is 0 Å². The van der Waals surface area contributed by atoms with Crippen LogP contribution in [0.2, 0.25) is 0 Å². The third-order valence-corrected chi connectivity index (χ3v) is 6.16. The summed E-state index contributed by atoms with van der Waals surface area (Å²) in [6, 6.07) is 3.54. The van der Waals surface area contributed by atoms with Crippen molar-refractivity contribution in [3.05, 3.63) is 17.0 Å². The highest BCUT2D eigenvalue weighted by molar-refractivity contribution is 7.91. The van der Waals surface area contributed by atoms with Gasteiger partial charge in [0.15, 0.2) is 0 Å². The molecule has 1 aliphatic heterocycles. The van der Waals surface area contributed by atoms with Crippen LogP contribution in [0.25, 0.3) is 0 Å². The maximum absolute atomic E-state index is 12.3. The SMILES string of the molecule is CCNCc1ccc(S(=O)(=O)NN2CCN(C)CC2)s1. The molecule has 0 radical (unpaired) electrons. The van der Waals surface area contributed by atoms with Crippen molar-refractivity contribution in [1.82, 2.24) is 20.1 Å². The molecule has 1 saturated heterocycles. The second-order valence-corrected chi connectivity index (χ2v) is 7.94. The number of sulfonamides is 1. The number of rotatable bonds is 6. The predicted octanol–water partition coefficient (Wildman–Crippen LogP) is 0.298. The minimum Gasteiger partial charge on any atom is -0.312 e. The van der Waals surface area contributed by atoms with Gasteiger partial charge in [-0.15, -0.1) is 16.2 Å². The Morgan fingerprint density at radius 2 is 1.95 bits per heavy atom. The summed E-state index contributed by atoms with van der Waals surface area (Å²) in [5.41, 5.74) is 0. The average Bonchev–Trinajstić information content (AvgIpc) is 2.88. The minimum absolute atomic E-state index is 0.379. The first-order valence-electron chi connectivity index (χ1n) is 6.76. The van der Waals surface area contributed by atoms with Crippen molar-refractivity contribution in [3.8, 4) is 0 Å². The molecule has 0 aromatic carbocycles. The lowest BCUT2D eigenvalue weighted by Crippen LogP contribution is -2.52. The summed E-state index contributed by atoms with van der Waals surface area (Å²) in [7, 11) is -1.39. The van der Waals surface area contributed by atoms with E-state index in [0.29, 0.717) is 23.8 Å². The fourth-order valence-corrected chi connectivity index (χ4v) is 4.39. The van der Waals surface area contributed by atoms with Gasteiger partial charge in [0.25, 0.3) is 10.0 Å². The van der Waals surface area contributed by atoms with Gasteiger partial charge < -0.3 is 10.2 Å². The van der Waals surface area contributed by atoms with Crippen LogP contribution in [0, 0.1) is 0 Å². The molecule has 0 saturated carbocycles. The van der Waals surface area contributed by atoms with Gasteiger partial charge in [-0.3, -0.25) is 0 Å². The molecule has 20 heavy (non-hydrogen) atoms. The van der Waals surface area contributed by atoms with Crippen molar-refractivity contribution in [2.24, 2.45) is 0 Å². The standard InChI is InChI=1S/C12H22N4O2S2/c1-3-13-10-11-4-5-12(19-11)20(17,18)14-16-8-6-15(2)7-9-16/h4-5,13-14H,3,6-10H2,1-2H3. The normalized spacial score (nSPS) is 18.5. The highest BCUT2D eigenvalue weighted by Crippen LogP contribution is 2.21. The second kappa shape index (κ2) is 6.97. The van der Waals surface area contributed by atoms with Gasteiger partial charge in [0.05, 0.1) is 0 Å². The maximum atomic E-state index is 12.3. The summed E-state index contributed by atoms with van der Waals surface area (Å²) < 4.78 is 25.0. The highest BCUT2D eigenvalue weighted by Gasteiger charge is 2.22. The number of nitrogens with one attached hydrogen (secondary N) is 2. The van der Waals surface area contributed by atoms with E-state index in [9.17, 15) is 8.42 Å². The average molecular weight is 318 g/mol. The number of hydrogen-bond donors (Lipinski definition) is 2. The molecular weight excluding hydrogens is 296 g/mol. The number of hydrazine groups is 1. The zero-order chi connectivity index (χ0) is 14.6. The second-order valence-electron chi connectivity index (χ2n) is 4.89. The third-order valence-electron chi connectivity index (χ3n) is 3.20. The molecular formula is C12H22N4O2S2. The van der Waals surface area contributed by atoms with E-state index in [2.05, 4.69) is 15.0 Å². The molecule has 0 spiro atoms. The molecule has 1 aromatic rings. The molecule has 1 fully saturated rings. The molecule has 0 bridgehead atoms. The van der Waals surface area contributed by atoms with E-state index in [4.69, 9.17) is 0 Å². The lowest BCUT2D eigenvalue weighted by Gasteiger charge is -2.31. The molecule has 0 unspecified atom stereocenters. The van der Waals surface area contributed by atoms with Crippen LogP contribution in [0.3, 0.4) is 0 Å². The Bertz CT molecular complexity index is 521. The number of thiophene rings is 1. The van der Waals surface area contributed by atoms with Gasteiger partial charge >= 0.3 is 0 Å². The van der Waals surface area contributed by atoms with Crippen LogP contribution in [-0.2, 0) is 16.6 Å². The van der Waals surface area contributed by atoms with Crippen molar-refractivity contribution in [2.45, 2.75) is 17.7 Å². The molecule has 6 nitrogen and oxygen atoms in total. The summed E-state index contributed by atoms with van der Waals surface area (Å²) in [5, 5.41) is 4.97. The number of piperazine rings is 1. The molecule has 1 aromatic heterocycles. The summed E-state index contributed by atoms with van der Waals surface area (Å²) in [4.78, 5) is 5.89. The number of hydrogen-bond acceptors (Lipinski definition) is 6. The van der Waals surface area contributed by atoms with Gasteiger partial charge in [-0.1, -0.05) is 6.92 Å². The quantitative estimate of drug-likeness (QED) is 0.790. The molecule has 2 heterocycles. The van der Waals surface area contributed by atoms with Crippen molar-refractivity contribution in [3.63, 3.8) is 0 Å². The Morgan fingerprint density at radius 1 is 1.25 bits per heavy atom. The van der Waals surface area contributed by atoms with E-state index >= 15 is 0 Å². The zero-order valence-electron chi connectivity index (χ0n) is 11.9. The monoisotopic (exact) mass is 318 g/mol. The van der Waals surface area contributed by atoms with Crippen molar-refractivity contribution in [2.75, 3.05) is 39.8 Å². The fraction of sp³-hybridized carbons (Fsp3) is 0.667. The van der Waals surface area contributed by atoms with Gasteiger partial charge in [0, 0.05) is 37.6 Å². The third kappa shape index (κ3) is 4.24. The first-order chi connectivity index (χ1) is 9.51. The minimum atomic E-state index is -3.43. The van der Waals surface area contributed by atoms with E-state index in [1.54, 1.807) is 11.1 Å². The topological polar surface area (TPSA) is 64.7 Å². The molecule has 8 heteroatoms. The molecule has 0 atom stereocenters. The Kier molecular flexibility index (Phi) is 5.53. The highest BCUT2D eigenvalue weighted by atomic mass is 32.2. The van der Waals surface area contributed by atoms with Crippen LogP contribution in [0.15, 0.2) is 16.3 Å². The lowest BCUT2D eigenvalue weighted by atomic mass is 10.4. The Balaban J connectivity index is 1.97. The predicted molar refractivity (Wildman–Crippen MR) is 81.1 cm³/mol. The van der Waals surface area contributed by atoms with Crippen LogP contribution < -0.4 is 10.1 Å². The van der Waals surface area contributed by atoms with Crippen molar-refractivity contribution >= 4 is 21.4 Å². The summed E-state index contributed by atoms with van der Waals surface area (Å²) in [6.45, 7) is 6.79. The number of likely N-dealkylation sites (N-methyl/N-ethyl adjacent to an activating group) is 1. The van der Waals surface area contributed by atoms with E-state index in [1.807, 2.05) is 20.0 Å². The van der Waals surface area contributed by atoms with Crippen LogP contribution >= 0.6 is 11.3 Å². The summed E-state index contributed by atoms with van der Waals surface area (Å²) in [6.07, 6.45) is 0. The first kappa shape index (κ1) is 15.9. The van der Waals surface area contributed by atoms with E-state index < -0.39 is 10.0 Å². The number of nitrogens with zero attached hydrogens (tertiary/aromatic N) is 2. The summed E-state index contributed by atoms with van der Waals surface area (Å²) in [5.74, 6) is 0. The molecule has 0 amide bonds. The van der Waals surface area contributed by atoms with Gasteiger partial charge in [0.1, 0.15) is 4.21 Å². The Morgan fingerprint density at radius 3 is 2.60 bits per heavy atom. The van der Waals surface area contributed by atoms with Crippen LogP contribution in [0.5, 0.6) is 0 Å². The van der Waals surface area contributed by atoms with Crippen LogP contribution in [-0.4, -0.2) is 58.1 Å². The zero-order valence-corrected chi connectivity index (χ0v) is 13.6.